The smallest absolute Gasteiger partial charge is 0.410 e. The van der Waals surface area contributed by atoms with E-state index in [1.807, 2.05) is 18.2 Å². The summed E-state index contributed by atoms with van der Waals surface area (Å²) in [6, 6.07) is 17.1. The van der Waals surface area contributed by atoms with Gasteiger partial charge in [-0.25, -0.2) is 9.59 Å². The summed E-state index contributed by atoms with van der Waals surface area (Å²) in [7, 11) is 1.45. The van der Waals surface area contributed by atoms with E-state index in [2.05, 4.69) is 27.3 Å². The van der Waals surface area contributed by atoms with Gasteiger partial charge in [0.25, 0.3) is 5.91 Å². The summed E-state index contributed by atoms with van der Waals surface area (Å²) in [6.07, 6.45) is 1.97. The van der Waals surface area contributed by atoms with Crippen LogP contribution in [0.4, 0.5) is 10.5 Å². The number of likely N-dealkylation sites (N-methyl/N-ethyl adjacent to an activating group) is 1. The second kappa shape index (κ2) is 17.9. The van der Waals surface area contributed by atoms with Gasteiger partial charge in [0, 0.05) is 24.7 Å². The number of carbonyl (C=O) groups is 6. The summed E-state index contributed by atoms with van der Waals surface area (Å²) in [6.45, 7) is 10.3. The van der Waals surface area contributed by atoms with Gasteiger partial charge >= 0.3 is 12.1 Å². The molecule has 0 aromatic heterocycles. The monoisotopic (exact) mass is 741 g/mol. The molecule has 0 saturated carbocycles. The zero-order valence-corrected chi connectivity index (χ0v) is 31.9. The third-order valence-electron chi connectivity index (χ3n) is 9.25. The maximum Gasteiger partial charge on any atom is 0.410 e. The summed E-state index contributed by atoms with van der Waals surface area (Å²) < 4.78 is 5.39. The summed E-state index contributed by atoms with van der Waals surface area (Å²) in [5.41, 5.74) is 2.96. The van der Waals surface area contributed by atoms with Gasteiger partial charge in [-0.1, -0.05) is 50.2 Å². The van der Waals surface area contributed by atoms with Gasteiger partial charge in [-0.3, -0.25) is 24.1 Å². The number of anilines is 1. The van der Waals surface area contributed by atoms with E-state index in [1.165, 1.54) is 38.2 Å². The molecule has 0 fully saturated rings. The van der Waals surface area contributed by atoms with Crippen molar-refractivity contribution in [1.82, 2.24) is 20.9 Å². The Bertz CT molecular complexity index is 1840. The normalized spacial score (nSPS) is 15.4. The molecular weight excluding hydrogens is 690 g/mol. The number of carboxylic acid groups (broad SMARTS) is 1. The highest BCUT2D eigenvalue weighted by molar-refractivity contribution is 6.04. The Labute approximate surface area is 316 Å². The molecule has 1 aliphatic carbocycles. The molecule has 0 radical (unpaired) electrons. The van der Waals surface area contributed by atoms with E-state index in [4.69, 9.17) is 9.84 Å². The molecule has 0 aliphatic heterocycles. The minimum absolute atomic E-state index is 0.0664. The molecule has 0 heterocycles. The summed E-state index contributed by atoms with van der Waals surface area (Å²) in [5.74, 6) is -3.40. The highest BCUT2D eigenvalue weighted by atomic mass is 16.6. The SMILES string of the molecule is CC(C)[C@H](NC(=O)[C@H](C)N(C)C(=O)OC(C)(C)C)C(=O)N[C@@H](Cc1ccc(NC(=O)c2ccc(C(=O)O)cc2)cc1)C(=O)N[C@@H]1CCCc2ccccc21. The van der Waals surface area contributed by atoms with Crippen LogP contribution in [0, 0.1) is 5.92 Å². The van der Waals surface area contributed by atoms with Gasteiger partial charge in [-0.2, -0.15) is 0 Å². The van der Waals surface area contributed by atoms with Crippen LogP contribution in [-0.4, -0.2) is 76.5 Å². The lowest BCUT2D eigenvalue weighted by atomic mass is 9.87. The maximum atomic E-state index is 14.0. The van der Waals surface area contributed by atoms with Crippen molar-refractivity contribution in [2.24, 2.45) is 5.92 Å². The van der Waals surface area contributed by atoms with Gasteiger partial charge in [0.15, 0.2) is 0 Å². The van der Waals surface area contributed by atoms with Gasteiger partial charge < -0.3 is 31.1 Å². The van der Waals surface area contributed by atoms with Gasteiger partial charge in [-0.15, -0.1) is 0 Å². The van der Waals surface area contributed by atoms with Crippen molar-refractivity contribution in [2.45, 2.75) is 97.0 Å². The lowest BCUT2D eigenvalue weighted by molar-refractivity contribution is -0.134. The topological polar surface area (TPSA) is 183 Å². The summed E-state index contributed by atoms with van der Waals surface area (Å²) in [4.78, 5) is 79.0. The fraction of sp³-hybridized carbons (Fsp3) is 0.415. The van der Waals surface area contributed by atoms with Crippen LogP contribution in [0.15, 0.2) is 72.8 Å². The Balaban J connectivity index is 1.51. The van der Waals surface area contributed by atoms with Crippen LogP contribution in [-0.2, 0) is 32.0 Å². The molecule has 3 aromatic carbocycles. The zero-order valence-electron chi connectivity index (χ0n) is 31.9. The van der Waals surface area contributed by atoms with Crippen molar-refractivity contribution in [3.05, 3.63) is 101 Å². The molecule has 0 bridgehead atoms. The Hall–Kier alpha value is -5.72. The molecule has 4 atom stereocenters. The number of hydrogen-bond acceptors (Lipinski definition) is 7. The molecule has 0 spiro atoms. The number of carbonyl (C=O) groups excluding carboxylic acids is 5. The number of amides is 5. The number of ether oxygens (including phenoxy) is 1. The minimum atomic E-state index is -1.09. The average Bonchev–Trinajstić information content (AvgIpc) is 3.12. The van der Waals surface area contributed by atoms with Crippen LogP contribution < -0.4 is 21.3 Å². The number of fused-ring (bicyclic) bond motifs is 1. The highest BCUT2D eigenvalue weighted by Gasteiger charge is 2.34. The Morgan fingerprint density at radius 3 is 2.07 bits per heavy atom. The van der Waals surface area contributed by atoms with E-state index >= 15 is 0 Å². The van der Waals surface area contributed by atoms with Gasteiger partial charge in [0.05, 0.1) is 11.6 Å². The number of hydrogen-bond donors (Lipinski definition) is 5. The largest absolute Gasteiger partial charge is 0.478 e. The van der Waals surface area contributed by atoms with E-state index < -0.39 is 53.5 Å². The predicted octanol–water partition coefficient (Wildman–Crippen LogP) is 5.25. The van der Waals surface area contributed by atoms with Crippen LogP contribution in [0.3, 0.4) is 0 Å². The van der Waals surface area contributed by atoms with E-state index in [-0.39, 0.29) is 35.4 Å². The minimum Gasteiger partial charge on any atom is -0.478 e. The van der Waals surface area contributed by atoms with Crippen molar-refractivity contribution in [3.8, 4) is 0 Å². The fourth-order valence-electron chi connectivity index (χ4n) is 6.05. The molecule has 13 nitrogen and oxygen atoms in total. The second-order valence-electron chi connectivity index (χ2n) is 14.9. The second-order valence-corrected chi connectivity index (χ2v) is 14.9. The first kappa shape index (κ1) is 41.0. The molecule has 288 valence electrons. The van der Waals surface area contributed by atoms with Crippen molar-refractivity contribution in [2.75, 3.05) is 12.4 Å². The van der Waals surface area contributed by atoms with Crippen molar-refractivity contribution < 1.29 is 38.6 Å². The van der Waals surface area contributed by atoms with Crippen molar-refractivity contribution in [3.63, 3.8) is 0 Å². The fourth-order valence-corrected chi connectivity index (χ4v) is 6.05. The van der Waals surface area contributed by atoms with Crippen molar-refractivity contribution >= 4 is 41.4 Å². The highest BCUT2D eigenvalue weighted by Crippen LogP contribution is 2.29. The van der Waals surface area contributed by atoms with E-state index in [0.29, 0.717) is 11.3 Å². The first-order valence-electron chi connectivity index (χ1n) is 18.1. The molecule has 13 heteroatoms. The summed E-state index contributed by atoms with van der Waals surface area (Å²) >= 11 is 0. The first-order valence-corrected chi connectivity index (χ1v) is 18.1. The molecule has 3 aromatic rings. The van der Waals surface area contributed by atoms with Crippen LogP contribution in [0.5, 0.6) is 0 Å². The van der Waals surface area contributed by atoms with E-state index in [0.717, 1.165) is 35.3 Å². The number of benzene rings is 3. The molecule has 0 saturated heterocycles. The number of rotatable bonds is 13. The first-order chi connectivity index (χ1) is 25.4. The number of aromatic carboxylic acids is 1. The van der Waals surface area contributed by atoms with Crippen LogP contribution in [0.25, 0.3) is 0 Å². The molecule has 0 unspecified atom stereocenters. The molecule has 5 amide bonds. The number of nitrogens with one attached hydrogen (secondary N) is 4. The third-order valence-corrected chi connectivity index (χ3v) is 9.25. The third kappa shape index (κ3) is 11.1. The number of carboxylic acids is 1. The Morgan fingerprint density at radius 1 is 0.833 bits per heavy atom. The molecule has 5 N–H and O–H groups in total. The van der Waals surface area contributed by atoms with Crippen LogP contribution in [0.1, 0.15) is 97.8 Å². The van der Waals surface area contributed by atoms with Crippen molar-refractivity contribution in [1.29, 1.82) is 0 Å². The quantitative estimate of drug-likeness (QED) is 0.157. The Morgan fingerprint density at radius 2 is 1.46 bits per heavy atom. The lowest BCUT2D eigenvalue weighted by Gasteiger charge is -2.31. The average molecular weight is 742 g/mol. The standard InChI is InChI=1S/C41H51N5O8/c1-24(2)34(45-35(47)25(3)46(7)40(53)54-41(4,5)6)38(50)44-33(37(49)43-32-14-10-12-27-11-8-9-13-31(27)32)23-26-15-21-30(22-16-26)42-36(48)28-17-19-29(20-18-28)39(51)52/h8-9,11,13,15-22,24-25,32-34H,10,12,14,23H2,1-7H3,(H,42,48)(H,43,49)(H,44,50)(H,45,47)(H,51,52)/t25-,32+,33-,34-/m0/s1. The molecule has 4 rings (SSSR count). The Kier molecular flexibility index (Phi) is 13.6. The zero-order chi connectivity index (χ0) is 39.7. The van der Waals surface area contributed by atoms with E-state index in [9.17, 15) is 28.8 Å². The van der Waals surface area contributed by atoms with Gasteiger partial charge in [-0.05, 0) is 106 Å². The summed E-state index contributed by atoms with van der Waals surface area (Å²) in [5, 5.41) is 20.7. The van der Waals surface area contributed by atoms with Gasteiger partial charge in [0.1, 0.15) is 23.7 Å². The van der Waals surface area contributed by atoms with Gasteiger partial charge in [0.2, 0.25) is 17.7 Å². The molecule has 54 heavy (non-hydrogen) atoms. The predicted molar refractivity (Wildman–Crippen MR) is 204 cm³/mol. The maximum absolute atomic E-state index is 14.0. The van der Waals surface area contributed by atoms with E-state index in [1.54, 1.807) is 58.9 Å². The number of nitrogens with zero attached hydrogens (tertiary/aromatic N) is 1. The van der Waals surface area contributed by atoms with Crippen LogP contribution in [0.2, 0.25) is 0 Å². The molecule has 1 aliphatic rings. The number of aryl methyl sites for hydroxylation is 1. The molecular formula is C41H51N5O8. The van der Waals surface area contributed by atoms with Crippen LogP contribution >= 0.6 is 0 Å². The lowest BCUT2D eigenvalue weighted by Crippen LogP contribution is -2.58.